The van der Waals surface area contributed by atoms with Crippen LogP contribution in [-0.4, -0.2) is 119 Å². The van der Waals surface area contributed by atoms with Crippen LogP contribution in [0.25, 0.3) is 0 Å². The van der Waals surface area contributed by atoms with Crippen molar-refractivity contribution in [3.05, 3.63) is 0 Å². The molecule has 1 rings (SSSR count). The van der Waals surface area contributed by atoms with Gasteiger partial charge < -0.3 is 14.2 Å². The van der Waals surface area contributed by atoms with Crippen LogP contribution in [0, 0.1) is 0 Å². The summed E-state index contributed by atoms with van der Waals surface area (Å²) in [6.07, 6.45) is -0.0152. The van der Waals surface area contributed by atoms with Crippen LogP contribution in [0.15, 0.2) is 0 Å². The Hall–Kier alpha value is -2.37. The van der Waals surface area contributed by atoms with Crippen LogP contribution in [-0.2, 0) is 38.2 Å². The molecule has 0 radical (unpaired) electrons. The summed E-state index contributed by atoms with van der Waals surface area (Å²) < 4.78 is 16.7. The molecule has 0 N–H and O–H groups in total. The number of esters is 3. The molecule has 0 unspecified atom stereocenters. The summed E-state index contributed by atoms with van der Waals surface area (Å²) in [7, 11) is 0. The molecule has 1 saturated heterocycles. The fourth-order valence-electron chi connectivity index (χ4n) is 4.78. The topological polar surface area (TPSA) is 123 Å². The Bertz CT molecular complexity index is 887. The third kappa shape index (κ3) is 14.3. The quantitative estimate of drug-likeness (QED) is 0.269. The van der Waals surface area contributed by atoms with Gasteiger partial charge in [0.05, 0.1) is 31.7 Å². The fourth-order valence-corrected chi connectivity index (χ4v) is 4.78. The molecule has 0 aromatic rings. The van der Waals surface area contributed by atoms with Gasteiger partial charge in [-0.05, 0) is 76.2 Å². The summed E-state index contributed by atoms with van der Waals surface area (Å²) in [4.78, 5) is 69.2. The standard InChI is InChI=1S/C29H51N3O8/c1-21(33)14-29(32(15-22(2)34)18-25(37)40-28(9,10)11)19-30(16-23(35)38-26(3,4)5)12-13-31(20-29)17-24(36)39-27(6,7)8/h12-20H2,1-11H3. The molecule has 11 nitrogen and oxygen atoms in total. The monoisotopic (exact) mass is 569 g/mol. The van der Waals surface area contributed by atoms with Crippen molar-refractivity contribution >= 4 is 29.5 Å². The molecule has 0 aromatic carbocycles. The fraction of sp³-hybridized carbons (Fsp3) is 0.828. The van der Waals surface area contributed by atoms with Crippen LogP contribution >= 0.6 is 0 Å². The Morgan fingerprint density at radius 1 is 0.625 bits per heavy atom. The van der Waals surface area contributed by atoms with Crippen molar-refractivity contribution in [1.29, 1.82) is 0 Å². The molecule has 0 bridgehead atoms. The van der Waals surface area contributed by atoms with Gasteiger partial charge in [0, 0.05) is 32.6 Å². The maximum absolute atomic E-state index is 13.0. The predicted molar refractivity (Wildman–Crippen MR) is 151 cm³/mol. The van der Waals surface area contributed by atoms with Crippen molar-refractivity contribution in [3.8, 4) is 0 Å². The first-order valence-electron chi connectivity index (χ1n) is 13.8. The van der Waals surface area contributed by atoms with Gasteiger partial charge in [-0.3, -0.25) is 38.7 Å². The van der Waals surface area contributed by atoms with E-state index in [4.69, 9.17) is 14.2 Å². The van der Waals surface area contributed by atoms with Gasteiger partial charge in [0.25, 0.3) is 0 Å². The minimum Gasteiger partial charge on any atom is -0.459 e. The maximum Gasteiger partial charge on any atom is 0.320 e. The van der Waals surface area contributed by atoms with E-state index in [-0.39, 0.29) is 57.3 Å². The Balaban J connectivity index is 3.54. The molecule has 0 atom stereocenters. The molecular formula is C29H51N3O8. The number of ether oxygens (including phenoxy) is 3. The van der Waals surface area contributed by atoms with E-state index >= 15 is 0 Å². The van der Waals surface area contributed by atoms with E-state index in [1.54, 1.807) is 67.2 Å². The zero-order valence-electron chi connectivity index (χ0n) is 26.5. The first-order chi connectivity index (χ1) is 18.0. The highest BCUT2D eigenvalue weighted by atomic mass is 16.6. The lowest BCUT2D eigenvalue weighted by atomic mass is 9.88. The molecule has 1 aliphatic rings. The summed E-state index contributed by atoms with van der Waals surface area (Å²) >= 11 is 0. The number of nitrogens with zero attached hydrogens (tertiary/aromatic N) is 3. The molecule has 1 heterocycles. The molecular weight excluding hydrogens is 518 g/mol. The third-order valence-corrected chi connectivity index (χ3v) is 5.72. The zero-order valence-corrected chi connectivity index (χ0v) is 26.5. The van der Waals surface area contributed by atoms with E-state index in [2.05, 4.69) is 0 Å². The van der Waals surface area contributed by atoms with Gasteiger partial charge in [0.1, 0.15) is 28.4 Å². The molecule has 40 heavy (non-hydrogen) atoms. The number of hydrogen-bond donors (Lipinski definition) is 0. The van der Waals surface area contributed by atoms with Crippen molar-refractivity contribution in [3.63, 3.8) is 0 Å². The number of hydrogen-bond acceptors (Lipinski definition) is 11. The highest BCUT2D eigenvalue weighted by Crippen LogP contribution is 2.28. The Morgan fingerprint density at radius 2 is 1.00 bits per heavy atom. The first-order valence-corrected chi connectivity index (χ1v) is 13.8. The zero-order chi connectivity index (χ0) is 31.1. The van der Waals surface area contributed by atoms with Gasteiger partial charge in [-0.25, -0.2) is 0 Å². The molecule has 1 aliphatic heterocycles. The summed E-state index contributed by atoms with van der Waals surface area (Å²) in [6.45, 7) is 19.5. The van der Waals surface area contributed by atoms with E-state index in [0.717, 1.165) is 0 Å². The number of carbonyl (C=O) groups excluding carboxylic acids is 5. The third-order valence-electron chi connectivity index (χ3n) is 5.72. The van der Waals surface area contributed by atoms with Gasteiger partial charge >= 0.3 is 17.9 Å². The normalized spacial score (nSPS) is 17.2. The highest BCUT2D eigenvalue weighted by molar-refractivity contribution is 5.81. The lowest BCUT2D eigenvalue weighted by Crippen LogP contribution is -2.63. The molecule has 1 fully saturated rings. The Labute approximate surface area is 239 Å². The number of Topliss-reactive ketones (excluding diaryl/α,β-unsaturated/α-hetero) is 2. The van der Waals surface area contributed by atoms with Crippen LogP contribution < -0.4 is 0 Å². The van der Waals surface area contributed by atoms with E-state index < -0.39 is 40.2 Å². The maximum atomic E-state index is 13.0. The molecule has 230 valence electrons. The van der Waals surface area contributed by atoms with Gasteiger partial charge in [0.15, 0.2) is 0 Å². The van der Waals surface area contributed by atoms with E-state index in [1.807, 2.05) is 9.80 Å². The Kier molecular flexibility index (Phi) is 12.5. The van der Waals surface area contributed by atoms with Crippen LogP contribution in [0.1, 0.15) is 82.6 Å². The summed E-state index contributed by atoms with van der Waals surface area (Å²) in [6, 6.07) is 0. The second-order valence-electron chi connectivity index (χ2n) is 13.8. The van der Waals surface area contributed by atoms with E-state index in [9.17, 15) is 24.0 Å². The largest absolute Gasteiger partial charge is 0.459 e. The minimum absolute atomic E-state index is 0.0152. The van der Waals surface area contributed by atoms with E-state index in [1.165, 1.54) is 13.8 Å². The van der Waals surface area contributed by atoms with Gasteiger partial charge in [-0.15, -0.1) is 0 Å². The molecule has 0 aliphatic carbocycles. The predicted octanol–water partition coefficient (Wildman–Crippen LogP) is 2.24. The van der Waals surface area contributed by atoms with Gasteiger partial charge in [-0.1, -0.05) is 0 Å². The number of carbonyl (C=O) groups is 5. The van der Waals surface area contributed by atoms with Crippen molar-refractivity contribution in [2.24, 2.45) is 0 Å². The SMILES string of the molecule is CC(=O)CN(CC(=O)OC(C)(C)C)C1(CC(C)=O)CN(CC(=O)OC(C)(C)C)CCN(CC(=O)OC(C)(C)C)C1. The van der Waals surface area contributed by atoms with Gasteiger partial charge in [-0.2, -0.15) is 0 Å². The van der Waals surface area contributed by atoms with Crippen molar-refractivity contribution in [2.75, 3.05) is 52.4 Å². The molecule has 11 heteroatoms. The summed E-state index contributed by atoms with van der Waals surface area (Å²) in [5.74, 6) is -1.77. The second kappa shape index (κ2) is 14.0. The van der Waals surface area contributed by atoms with Crippen LogP contribution in [0.2, 0.25) is 0 Å². The van der Waals surface area contributed by atoms with Crippen molar-refractivity contribution < 1.29 is 38.2 Å². The summed E-state index contributed by atoms with van der Waals surface area (Å²) in [5, 5.41) is 0. The van der Waals surface area contributed by atoms with Crippen LogP contribution in [0.4, 0.5) is 0 Å². The lowest BCUT2D eigenvalue weighted by Gasteiger charge is -2.45. The first kappa shape index (κ1) is 35.7. The highest BCUT2D eigenvalue weighted by Gasteiger charge is 2.45. The minimum atomic E-state index is -1.09. The van der Waals surface area contributed by atoms with Crippen molar-refractivity contribution in [1.82, 2.24) is 14.7 Å². The van der Waals surface area contributed by atoms with E-state index in [0.29, 0.717) is 13.1 Å². The molecule has 0 saturated carbocycles. The average Bonchev–Trinajstić information content (AvgIpc) is 2.81. The van der Waals surface area contributed by atoms with Crippen molar-refractivity contribution in [2.45, 2.75) is 105 Å². The Morgan fingerprint density at radius 3 is 1.32 bits per heavy atom. The molecule has 0 amide bonds. The second-order valence-corrected chi connectivity index (χ2v) is 13.8. The van der Waals surface area contributed by atoms with Crippen LogP contribution in [0.3, 0.4) is 0 Å². The average molecular weight is 570 g/mol. The number of ketones is 2. The molecule has 0 spiro atoms. The number of rotatable bonds is 11. The molecule has 0 aromatic heterocycles. The lowest BCUT2D eigenvalue weighted by molar-refractivity contribution is -0.161. The van der Waals surface area contributed by atoms with Crippen LogP contribution in [0.5, 0.6) is 0 Å². The van der Waals surface area contributed by atoms with Gasteiger partial charge in [0.2, 0.25) is 0 Å². The smallest absolute Gasteiger partial charge is 0.320 e. The summed E-state index contributed by atoms with van der Waals surface area (Å²) in [5.41, 5.74) is -3.20.